The molecule has 0 saturated carbocycles. The van der Waals surface area contributed by atoms with Crippen molar-refractivity contribution in [3.63, 3.8) is 0 Å². The van der Waals surface area contributed by atoms with E-state index in [1.165, 1.54) is 6.20 Å². The van der Waals surface area contributed by atoms with Crippen molar-refractivity contribution < 1.29 is 13.2 Å². The van der Waals surface area contributed by atoms with Gasteiger partial charge in [-0.2, -0.15) is 0 Å². The minimum atomic E-state index is -3.30. The number of hydrogen-bond acceptors (Lipinski definition) is 6. The Morgan fingerprint density at radius 3 is 2.50 bits per heavy atom. The number of pyridine rings is 1. The van der Waals surface area contributed by atoms with E-state index in [2.05, 4.69) is 25.3 Å². The van der Waals surface area contributed by atoms with Gasteiger partial charge in [-0.25, -0.2) is 23.1 Å². The lowest BCUT2D eigenvalue weighted by Gasteiger charge is -2.13. The molecule has 4 rings (SSSR count). The monoisotopic (exact) mass is 566 g/mol. The molecule has 0 fully saturated rings. The normalized spacial score (nSPS) is 11.6. The maximum atomic E-state index is 12.8. The summed E-state index contributed by atoms with van der Waals surface area (Å²) in [5.74, 6) is 0.392. The van der Waals surface area contributed by atoms with E-state index >= 15 is 0 Å². The van der Waals surface area contributed by atoms with Crippen LogP contribution in [0.1, 0.15) is 16.8 Å². The molecule has 13 heteroatoms. The van der Waals surface area contributed by atoms with E-state index in [0.29, 0.717) is 56.6 Å². The molecule has 4 aromatic rings. The number of rotatable bonds is 9. The number of imidazole rings is 1. The molecule has 0 radical (unpaired) electrons. The summed E-state index contributed by atoms with van der Waals surface area (Å²) in [5.41, 5.74) is 2.13. The zero-order valence-corrected chi connectivity index (χ0v) is 22.0. The molecule has 2 aromatic carbocycles. The topological polar surface area (TPSA) is 118 Å². The lowest BCUT2D eigenvalue weighted by atomic mass is 10.2. The first-order valence-electron chi connectivity index (χ1n) is 10.7. The highest BCUT2D eigenvalue weighted by molar-refractivity contribution is 7.88. The van der Waals surface area contributed by atoms with Crippen LogP contribution in [0.5, 0.6) is 0 Å². The SMILES string of the molecule is CS(=O)(=O)NCCCn1c(Nc2c(Cl)cccc2Cl)nc2cc(C(=O)Nc3cc(Cl)ccn3)ccc21. The summed E-state index contributed by atoms with van der Waals surface area (Å²) in [7, 11) is -3.30. The number of hydrogen-bond donors (Lipinski definition) is 3. The quantitative estimate of drug-likeness (QED) is 0.235. The average molecular weight is 568 g/mol. The van der Waals surface area contributed by atoms with E-state index in [-0.39, 0.29) is 12.5 Å². The summed E-state index contributed by atoms with van der Waals surface area (Å²) in [4.78, 5) is 21.6. The van der Waals surface area contributed by atoms with Crippen LogP contribution in [0.2, 0.25) is 15.1 Å². The van der Waals surface area contributed by atoms with Gasteiger partial charge in [-0.15, -0.1) is 0 Å². The Morgan fingerprint density at radius 2 is 1.81 bits per heavy atom. The molecule has 0 saturated heterocycles. The van der Waals surface area contributed by atoms with Gasteiger partial charge in [0.25, 0.3) is 5.91 Å². The zero-order valence-electron chi connectivity index (χ0n) is 18.9. The highest BCUT2D eigenvalue weighted by Crippen LogP contribution is 2.33. The molecule has 9 nitrogen and oxygen atoms in total. The van der Waals surface area contributed by atoms with Crippen LogP contribution in [0.3, 0.4) is 0 Å². The number of para-hydroxylation sites is 1. The van der Waals surface area contributed by atoms with Crippen LogP contribution in [0.15, 0.2) is 54.7 Å². The van der Waals surface area contributed by atoms with Gasteiger partial charge in [-0.3, -0.25) is 4.79 Å². The van der Waals surface area contributed by atoms with Crippen LogP contribution in [0, 0.1) is 0 Å². The van der Waals surface area contributed by atoms with Crippen molar-refractivity contribution in [1.29, 1.82) is 0 Å². The lowest BCUT2D eigenvalue weighted by Crippen LogP contribution is -2.24. The first-order valence-corrected chi connectivity index (χ1v) is 13.7. The highest BCUT2D eigenvalue weighted by Gasteiger charge is 2.16. The zero-order chi connectivity index (χ0) is 25.9. The average Bonchev–Trinajstić information content (AvgIpc) is 3.15. The van der Waals surface area contributed by atoms with Crippen LogP contribution in [-0.2, 0) is 16.6 Å². The van der Waals surface area contributed by atoms with E-state index in [0.717, 1.165) is 11.8 Å². The van der Waals surface area contributed by atoms with Crippen LogP contribution in [0.25, 0.3) is 11.0 Å². The Labute approximate surface area is 222 Å². The summed E-state index contributed by atoms with van der Waals surface area (Å²) in [5, 5.41) is 7.16. The Balaban J connectivity index is 1.66. The van der Waals surface area contributed by atoms with E-state index < -0.39 is 10.0 Å². The van der Waals surface area contributed by atoms with Gasteiger partial charge in [-0.05, 0) is 48.9 Å². The summed E-state index contributed by atoms with van der Waals surface area (Å²) in [6.45, 7) is 0.680. The Hall–Kier alpha value is -2.89. The van der Waals surface area contributed by atoms with Gasteiger partial charge in [-0.1, -0.05) is 40.9 Å². The van der Waals surface area contributed by atoms with Crippen molar-refractivity contribution in [3.8, 4) is 0 Å². The molecule has 3 N–H and O–H groups in total. The van der Waals surface area contributed by atoms with Crippen LogP contribution in [0.4, 0.5) is 17.5 Å². The lowest BCUT2D eigenvalue weighted by molar-refractivity contribution is 0.102. The summed E-state index contributed by atoms with van der Waals surface area (Å²) < 4.78 is 27.2. The number of carbonyl (C=O) groups is 1. The number of nitrogens with zero attached hydrogens (tertiary/aromatic N) is 3. The number of nitrogens with one attached hydrogen (secondary N) is 3. The fraction of sp³-hybridized carbons (Fsp3) is 0.174. The number of halogens is 3. The molecule has 0 spiro atoms. The molecular weight excluding hydrogens is 547 g/mol. The molecule has 1 amide bonds. The Kier molecular flexibility index (Phi) is 8.01. The molecule has 2 heterocycles. The number of fused-ring (bicyclic) bond motifs is 1. The minimum Gasteiger partial charge on any atom is -0.323 e. The fourth-order valence-electron chi connectivity index (χ4n) is 3.48. The van der Waals surface area contributed by atoms with E-state index in [9.17, 15) is 13.2 Å². The molecule has 0 bridgehead atoms. The van der Waals surface area contributed by atoms with Crippen molar-refractivity contribution >= 4 is 79.2 Å². The Bertz CT molecular complexity index is 1520. The van der Waals surface area contributed by atoms with E-state index in [1.54, 1.807) is 48.5 Å². The third-order valence-corrected chi connectivity index (χ3v) is 6.69. The molecule has 36 heavy (non-hydrogen) atoms. The van der Waals surface area contributed by atoms with Crippen molar-refractivity contribution in [2.45, 2.75) is 13.0 Å². The van der Waals surface area contributed by atoms with Gasteiger partial charge in [0.05, 0.1) is 33.0 Å². The first kappa shape index (κ1) is 26.2. The van der Waals surface area contributed by atoms with E-state index in [1.807, 2.05) is 4.57 Å². The molecular formula is C23H21Cl3N6O3S. The number of aryl methyl sites for hydroxylation is 1. The number of amides is 1. The predicted octanol–water partition coefficient (Wildman–Crippen LogP) is 5.33. The van der Waals surface area contributed by atoms with Crippen molar-refractivity contribution in [1.82, 2.24) is 19.3 Å². The third-order valence-electron chi connectivity index (χ3n) is 5.10. The minimum absolute atomic E-state index is 0.248. The third kappa shape index (κ3) is 6.45. The fourth-order valence-corrected chi connectivity index (χ4v) is 4.64. The highest BCUT2D eigenvalue weighted by atomic mass is 35.5. The molecule has 188 valence electrons. The van der Waals surface area contributed by atoms with Gasteiger partial charge in [0.15, 0.2) is 0 Å². The molecule has 0 aliphatic carbocycles. The molecule has 0 atom stereocenters. The second-order valence-corrected chi connectivity index (χ2v) is 10.9. The van der Waals surface area contributed by atoms with E-state index in [4.69, 9.17) is 34.8 Å². The van der Waals surface area contributed by atoms with Crippen molar-refractivity contribution in [2.75, 3.05) is 23.4 Å². The predicted molar refractivity (Wildman–Crippen MR) is 144 cm³/mol. The maximum Gasteiger partial charge on any atom is 0.256 e. The largest absolute Gasteiger partial charge is 0.323 e. The standard InChI is InChI=1S/C23H21Cl3N6O3S/c1-36(34,35)28-9-3-11-32-19-7-6-14(22(33)30-20-13-15(24)8-10-27-20)12-18(19)29-23(32)31-21-16(25)4-2-5-17(21)26/h2,4-8,10,12-13,28H,3,9,11H2,1H3,(H,29,31)(H,27,30,33). The molecule has 0 aliphatic rings. The van der Waals surface area contributed by atoms with Gasteiger partial charge < -0.3 is 15.2 Å². The van der Waals surface area contributed by atoms with Gasteiger partial charge >= 0.3 is 0 Å². The molecule has 0 aliphatic heterocycles. The second-order valence-electron chi connectivity index (χ2n) is 7.85. The van der Waals surface area contributed by atoms with Crippen LogP contribution >= 0.6 is 34.8 Å². The summed E-state index contributed by atoms with van der Waals surface area (Å²) >= 11 is 18.6. The number of sulfonamides is 1. The maximum absolute atomic E-state index is 12.8. The number of anilines is 3. The van der Waals surface area contributed by atoms with Crippen molar-refractivity contribution in [2.24, 2.45) is 0 Å². The second kappa shape index (κ2) is 11.0. The summed E-state index contributed by atoms with van der Waals surface area (Å²) in [6.07, 6.45) is 3.10. The van der Waals surface area contributed by atoms with Gasteiger partial charge in [0.2, 0.25) is 16.0 Å². The number of carbonyl (C=O) groups excluding carboxylic acids is 1. The van der Waals surface area contributed by atoms with Crippen molar-refractivity contribution in [3.05, 3.63) is 75.4 Å². The Morgan fingerprint density at radius 1 is 1.06 bits per heavy atom. The van der Waals surface area contributed by atoms with Gasteiger partial charge in [0, 0.05) is 29.9 Å². The molecule has 2 aromatic heterocycles. The van der Waals surface area contributed by atoms with Crippen LogP contribution in [-0.4, -0.2) is 41.7 Å². The van der Waals surface area contributed by atoms with Crippen LogP contribution < -0.4 is 15.4 Å². The van der Waals surface area contributed by atoms with Gasteiger partial charge in [0.1, 0.15) is 5.82 Å². The summed E-state index contributed by atoms with van der Waals surface area (Å²) in [6, 6.07) is 13.4. The number of benzene rings is 2. The number of aromatic nitrogens is 3. The smallest absolute Gasteiger partial charge is 0.256 e. The molecule has 0 unspecified atom stereocenters. The first-order chi connectivity index (χ1) is 17.1.